The number of nitrogens with zero attached hydrogens (tertiary/aromatic N) is 3. The van der Waals surface area contributed by atoms with E-state index in [1.165, 1.54) is 19.1 Å². The molecule has 0 spiro atoms. The third-order valence-corrected chi connectivity index (χ3v) is 9.53. The molecule has 0 bridgehead atoms. The Labute approximate surface area is 263 Å². The Hall–Kier alpha value is -4.07. The van der Waals surface area contributed by atoms with Crippen LogP contribution in [0.2, 0.25) is 5.02 Å². The highest BCUT2D eigenvalue weighted by Crippen LogP contribution is 2.43. The predicted octanol–water partition coefficient (Wildman–Crippen LogP) is 5.92. The zero-order chi connectivity index (χ0) is 31.9. The molecule has 0 radical (unpaired) electrons. The van der Waals surface area contributed by atoms with Crippen LogP contribution in [0.5, 0.6) is 5.75 Å². The van der Waals surface area contributed by atoms with Crippen molar-refractivity contribution in [2.75, 3.05) is 36.3 Å². The Morgan fingerprint density at radius 2 is 1.93 bits per heavy atom. The van der Waals surface area contributed by atoms with Crippen molar-refractivity contribution in [2.45, 2.75) is 43.7 Å². The van der Waals surface area contributed by atoms with Crippen LogP contribution in [0.25, 0.3) is 22.0 Å². The van der Waals surface area contributed by atoms with E-state index in [4.69, 9.17) is 21.1 Å². The molecule has 3 aromatic carbocycles. The minimum atomic E-state index is -4.50. The van der Waals surface area contributed by atoms with Crippen LogP contribution in [-0.4, -0.2) is 61.5 Å². The van der Waals surface area contributed by atoms with E-state index < -0.39 is 45.0 Å². The van der Waals surface area contributed by atoms with Crippen molar-refractivity contribution < 1.29 is 31.5 Å². The van der Waals surface area contributed by atoms with Gasteiger partial charge < -0.3 is 19.7 Å². The first-order valence-corrected chi connectivity index (χ1v) is 16.3. The van der Waals surface area contributed by atoms with E-state index in [1.54, 1.807) is 18.3 Å². The number of nitrogens with one attached hydrogen (secondary N) is 2. The Balaban J connectivity index is 1.27. The van der Waals surface area contributed by atoms with Crippen molar-refractivity contribution in [3.63, 3.8) is 0 Å². The summed E-state index contributed by atoms with van der Waals surface area (Å²) in [7, 11) is -4.50. The fraction of sp³-hybridized carbons (Fsp3) is 0.323. The average Bonchev–Trinajstić information content (AvgIpc) is 3.40. The average molecular weight is 658 g/mol. The van der Waals surface area contributed by atoms with Gasteiger partial charge in [0.15, 0.2) is 11.9 Å². The highest BCUT2D eigenvalue weighted by atomic mass is 35.5. The molecule has 2 N–H and O–H groups in total. The molecule has 2 aliphatic heterocycles. The summed E-state index contributed by atoms with van der Waals surface area (Å²) < 4.78 is 70.8. The second kappa shape index (κ2) is 12.4. The number of carbonyl (C=O) groups is 1. The monoisotopic (exact) mass is 657 g/mol. The standard InChI is InChI=1S/C31H30ClF2N5O5S/c1-3-39-10-8-21(9-11-39)36-31-35-15-19-12-18(4-6-24(19)37-31)28-23(33)5-7-25(29(28)34)38-45(41,42)27-14-20(32)13-22-26(44-17(2)40)16-43-30(22)27/h4-7,12-15,21,26,38H,3,8-11,16H2,1-2H3,(H,35,36,37)/t26-/m1/s1. The predicted molar refractivity (Wildman–Crippen MR) is 166 cm³/mol. The van der Waals surface area contributed by atoms with Gasteiger partial charge in [0.25, 0.3) is 10.0 Å². The van der Waals surface area contributed by atoms with Gasteiger partial charge in [-0.05, 0) is 61.3 Å². The van der Waals surface area contributed by atoms with Gasteiger partial charge in [0, 0.05) is 48.2 Å². The molecular formula is C31H30ClF2N5O5S. The van der Waals surface area contributed by atoms with Gasteiger partial charge in [-0.15, -0.1) is 0 Å². The molecule has 0 aliphatic carbocycles. The van der Waals surface area contributed by atoms with E-state index in [0.717, 1.165) is 50.7 Å². The first kappa shape index (κ1) is 30.9. The van der Waals surface area contributed by atoms with Gasteiger partial charge in [-0.25, -0.2) is 27.2 Å². The highest BCUT2D eigenvalue weighted by molar-refractivity contribution is 7.92. The molecule has 6 rings (SSSR count). The van der Waals surface area contributed by atoms with Crippen LogP contribution in [0.3, 0.4) is 0 Å². The van der Waals surface area contributed by atoms with Crippen LogP contribution < -0.4 is 14.8 Å². The molecule has 4 aromatic rings. The van der Waals surface area contributed by atoms with E-state index >= 15 is 8.78 Å². The summed E-state index contributed by atoms with van der Waals surface area (Å²) in [6, 6.07) is 9.51. The van der Waals surface area contributed by atoms with E-state index in [9.17, 15) is 13.2 Å². The number of esters is 1. The number of carbonyl (C=O) groups excluding carboxylic acids is 1. The smallest absolute Gasteiger partial charge is 0.303 e. The third kappa shape index (κ3) is 6.37. The van der Waals surface area contributed by atoms with Crippen molar-refractivity contribution in [1.29, 1.82) is 0 Å². The van der Waals surface area contributed by atoms with Gasteiger partial charge in [0.1, 0.15) is 23.1 Å². The number of hydrogen-bond acceptors (Lipinski definition) is 9. The summed E-state index contributed by atoms with van der Waals surface area (Å²) in [5, 5.41) is 3.97. The van der Waals surface area contributed by atoms with E-state index in [-0.39, 0.29) is 39.4 Å². The topological polar surface area (TPSA) is 123 Å². The molecule has 3 heterocycles. The molecule has 45 heavy (non-hydrogen) atoms. The molecule has 0 amide bonds. The molecule has 2 aliphatic rings. The lowest BCUT2D eigenvalue weighted by Crippen LogP contribution is -2.39. The SMILES string of the molecule is CCN1CCC(Nc2ncc3cc(-c4c(F)ccc(NS(=O)(=O)c5cc(Cl)cc6c5OC[C@H]6OC(C)=O)c4F)ccc3n2)CC1. The maximum absolute atomic E-state index is 15.9. The number of anilines is 2. The molecule has 1 fully saturated rings. The van der Waals surface area contributed by atoms with Crippen molar-refractivity contribution in [1.82, 2.24) is 14.9 Å². The third-order valence-electron chi connectivity index (χ3n) is 7.94. The number of ether oxygens (including phenoxy) is 2. The van der Waals surface area contributed by atoms with Gasteiger partial charge in [-0.2, -0.15) is 0 Å². The summed E-state index contributed by atoms with van der Waals surface area (Å²) in [6.07, 6.45) is 2.69. The summed E-state index contributed by atoms with van der Waals surface area (Å²) in [4.78, 5) is 22.5. The Kier molecular flexibility index (Phi) is 8.51. The number of likely N-dealkylation sites (tertiary alicyclic amines) is 1. The van der Waals surface area contributed by atoms with Crippen LogP contribution in [0.4, 0.5) is 20.4 Å². The van der Waals surface area contributed by atoms with Crippen LogP contribution in [-0.2, 0) is 19.6 Å². The Morgan fingerprint density at radius 3 is 2.67 bits per heavy atom. The second-order valence-electron chi connectivity index (χ2n) is 10.9. The lowest BCUT2D eigenvalue weighted by atomic mass is 10.0. The van der Waals surface area contributed by atoms with E-state index in [2.05, 4.69) is 31.8 Å². The van der Waals surface area contributed by atoms with Gasteiger partial charge in [-0.1, -0.05) is 24.6 Å². The number of hydrogen-bond donors (Lipinski definition) is 2. The number of rotatable bonds is 8. The summed E-state index contributed by atoms with van der Waals surface area (Å²) in [5.41, 5.74) is 0.105. The molecule has 1 aromatic heterocycles. The van der Waals surface area contributed by atoms with Crippen molar-refractivity contribution in [3.05, 3.63) is 70.9 Å². The van der Waals surface area contributed by atoms with Crippen molar-refractivity contribution >= 4 is 50.1 Å². The van der Waals surface area contributed by atoms with Gasteiger partial charge in [-0.3, -0.25) is 9.52 Å². The van der Waals surface area contributed by atoms with Crippen LogP contribution in [0.1, 0.15) is 38.4 Å². The summed E-state index contributed by atoms with van der Waals surface area (Å²) in [6.45, 7) is 6.27. The lowest BCUT2D eigenvalue weighted by molar-refractivity contribution is -0.147. The molecule has 236 valence electrons. The minimum absolute atomic E-state index is 0.0377. The summed E-state index contributed by atoms with van der Waals surface area (Å²) >= 11 is 6.19. The van der Waals surface area contributed by atoms with Crippen molar-refractivity contribution in [2.24, 2.45) is 0 Å². The molecule has 1 saturated heterocycles. The van der Waals surface area contributed by atoms with Gasteiger partial charge in [0.05, 0.1) is 16.8 Å². The molecule has 10 nitrogen and oxygen atoms in total. The molecule has 0 saturated carbocycles. The van der Waals surface area contributed by atoms with Gasteiger partial charge >= 0.3 is 5.97 Å². The van der Waals surface area contributed by atoms with Crippen LogP contribution in [0.15, 0.2) is 53.6 Å². The quantitative estimate of drug-likeness (QED) is 0.222. The lowest BCUT2D eigenvalue weighted by Gasteiger charge is -2.31. The number of aromatic nitrogens is 2. The summed E-state index contributed by atoms with van der Waals surface area (Å²) in [5.74, 6) is -2.18. The molecule has 14 heteroatoms. The number of halogens is 3. The van der Waals surface area contributed by atoms with Crippen LogP contribution in [0, 0.1) is 11.6 Å². The largest absolute Gasteiger partial charge is 0.487 e. The Morgan fingerprint density at radius 1 is 1.16 bits per heavy atom. The molecular weight excluding hydrogens is 628 g/mol. The first-order valence-electron chi connectivity index (χ1n) is 14.4. The van der Waals surface area contributed by atoms with Gasteiger partial charge in [0.2, 0.25) is 5.95 Å². The minimum Gasteiger partial charge on any atom is -0.487 e. The first-order chi connectivity index (χ1) is 21.5. The zero-order valence-electron chi connectivity index (χ0n) is 24.4. The Bertz CT molecular complexity index is 1900. The van der Waals surface area contributed by atoms with E-state index in [0.29, 0.717) is 16.9 Å². The van der Waals surface area contributed by atoms with E-state index in [1.807, 2.05) is 0 Å². The maximum atomic E-state index is 15.9. The number of fused-ring (bicyclic) bond motifs is 2. The number of benzene rings is 3. The fourth-order valence-electron chi connectivity index (χ4n) is 5.66. The highest BCUT2D eigenvalue weighted by Gasteiger charge is 2.34. The second-order valence-corrected chi connectivity index (χ2v) is 13.0. The van der Waals surface area contributed by atoms with Crippen LogP contribution >= 0.6 is 11.6 Å². The molecule has 1 atom stereocenters. The maximum Gasteiger partial charge on any atom is 0.303 e. The molecule has 0 unspecified atom stereocenters. The number of sulfonamides is 1. The number of piperidine rings is 1. The van der Waals surface area contributed by atoms with Crippen molar-refractivity contribution in [3.8, 4) is 16.9 Å². The normalized spacial score (nSPS) is 17.1. The zero-order valence-corrected chi connectivity index (χ0v) is 26.0. The fourth-order valence-corrected chi connectivity index (χ4v) is 7.21.